The Hall–Kier alpha value is -2.02. The van der Waals surface area contributed by atoms with Crippen LogP contribution in [0.25, 0.3) is 11.1 Å². The summed E-state index contributed by atoms with van der Waals surface area (Å²) in [5.41, 5.74) is 0.760. The Labute approximate surface area is 110 Å². The third kappa shape index (κ3) is 2.87. The van der Waals surface area contributed by atoms with E-state index in [1.807, 2.05) is 0 Å². The fourth-order valence-electron chi connectivity index (χ4n) is 1.40. The molecule has 0 spiro atoms. The molecule has 0 radical (unpaired) electrons. The van der Waals surface area contributed by atoms with Crippen molar-refractivity contribution in [1.29, 1.82) is 0 Å². The maximum Gasteiger partial charge on any atom is 0.451 e. The van der Waals surface area contributed by atoms with Crippen molar-refractivity contribution in [3.8, 4) is 11.1 Å². The number of carbonyl (C=O) groups is 1. The maximum absolute atomic E-state index is 12.3. The Morgan fingerprint density at radius 2 is 1.74 bits per heavy atom. The smallest absolute Gasteiger partial charge is 0.298 e. The van der Waals surface area contributed by atoms with Gasteiger partial charge in [0.25, 0.3) is 0 Å². The van der Waals surface area contributed by atoms with Crippen LogP contribution in [-0.2, 0) is 6.18 Å². The van der Waals surface area contributed by atoms with Gasteiger partial charge in [0.2, 0.25) is 5.82 Å². The van der Waals surface area contributed by atoms with E-state index in [1.54, 1.807) is 0 Å². The summed E-state index contributed by atoms with van der Waals surface area (Å²) in [5, 5.41) is 0.112. The average Bonchev–Trinajstić information content (AvgIpc) is 2.38. The molecular formula is C11H5ClF3N3O. The van der Waals surface area contributed by atoms with Crippen molar-refractivity contribution in [2.75, 3.05) is 0 Å². The lowest BCUT2D eigenvalue weighted by Crippen LogP contribution is -2.10. The maximum atomic E-state index is 12.3. The summed E-state index contributed by atoms with van der Waals surface area (Å²) >= 11 is 5.68. The van der Waals surface area contributed by atoms with Crippen LogP contribution in [0.2, 0.25) is 5.15 Å². The van der Waals surface area contributed by atoms with Gasteiger partial charge in [0.15, 0.2) is 6.29 Å². The average molecular weight is 288 g/mol. The van der Waals surface area contributed by atoms with Crippen LogP contribution in [0.5, 0.6) is 0 Å². The Kier molecular flexibility index (Phi) is 3.48. The molecule has 0 unspecified atom stereocenters. The SMILES string of the molecule is O=Cc1cnc(Cl)cc1-c1cnc(C(F)(F)F)nc1. The predicted molar refractivity (Wildman–Crippen MR) is 60.7 cm³/mol. The monoisotopic (exact) mass is 287 g/mol. The zero-order valence-electron chi connectivity index (χ0n) is 9.15. The molecule has 2 aromatic rings. The number of hydrogen-bond acceptors (Lipinski definition) is 4. The second-order valence-electron chi connectivity index (χ2n) is 3.51. The molecule has 0 saturated carbocycles. The topological polar surface area (TPSA) is 55.7 Å². The molecule has 0 aliphatic carbocycles. The van der Waals surface area contributed by atoms with E-state index < -0.39 is 12.0 Å². The highest BCUT2D eigenvalue weighted by Crippen LogP contribution is 2.28. The quantitative estimate of drug-likeness (QED) is 0.629. The number of nitrogens with zero attached hydrogens (tertiary/aromatic N) is 3. The zero-order valence-corrected chi connectivity index (χ0v) is 9.90. The summed E-state index contributed by atoms with van der Waals surface area (Å²) < 4.78 is 37.0. The van der Waals surface area contributed by atoms with Crippen LogP contribution >= 0.6 is 11.6 Å². The summed E-state index contributed by atoms with van der Waals surface area (Å²) in [6, 6.07) is 1.36. The second kappa shape index (κ2) is 4.93. The van der Waals surface area contributed by atoms with E-state index >= 15 is 0 Å². The number of rotatable bonds is 2. The van der Waals surface area contributed by atoms with Gasteiger partial charge in [-0.3, -0.25) is 4.79 Å². The highest BCUT2D eigenvalue weighted by molar-refractivity contribution is 6.29. The summed E-state index contributed by atoms with van der Waals surface area (Å²) in [4.78, 5) is 21.0. The highest BCUT2D eigenvalue weighted by atomic mass is 35.5. The molecular weight excluding hydrogens is 283 g/mol. The molecule has 0 amide bonds. The van der Waals surface area contributed by atoms with Gasteiger partial charge in [-0.1, -0.05) is 11.6 Å². The molecule has 0 aromatic carbocycles. The third-order valence-corrected chi connectivity index (χ3v) is 2.45. The lowest BCUT2D eigenvalue weighted by molar-refractivity contribution is -0.144. The van der Waals surface area contributed by atoms with Crippen LogP contribution < -0.4 is 0 Å². The number of aromatic nitrogens is 3. The van der Waals surface area contributed by atoms with Gasteiger partial charge in [0.1, 0.15) is 5.15 Å². The number of aldehydes is 1. The summed E-state index contributed by atoms with van der Waals surface area (Å²) in [7, 11) is 0. The van der Waals surface area contributed by atoms with Gasteiger partial charge < -0.3 is 0 Å². The molecule has 0 atom stereocenters. The first kappa shape index (κ1) is 13.4. The minimum absolute atomic E-state index is 0.112. The van der Waals surface area contributed by atoms with Gasteiger partial charge in [-0.15, -0.1) is 0 Å². The number of pyridine rings is 1. The third-order valence-electron chi connectivity index (χ3n) is 2.24. The molecule has 19 heavy (non-hydrogen) atoms. The van der Waals surface area contributed by atoms with E-state index in [1.165, 1.54) is 12.3 Å². The number of alkyl halides is 3. The van der Waals surface area contributed by atoms with Crippen molar-refractivity contribution in [3.63, 3.8) is 0 Å². The van der Waals surface area contributed by atoms with Crippen LogP contribution in [-0.4, -0.2) is 21.2 Å². The first-order chi connectivity index (χ1) is 8.91. The van der Waals surface area contributed by atoms with Crippen molar-refractivity contribution in [3.05, 3.63) is 41.2 Å². The van der Waals surface area contributed by atoms with E-state index in [9.17, 15) is 18.0 Å². The van der Waals surface area contributed by atoms with E-state index in [-0.39, 0.29) is 16.3 Å². The molecule has 0 bridgehead atoms. The van der Waals surface area contributed by atoms with Gasteiger partial charge in [-0.05, 0) is 11.6 Å². The molecule has 2 heterocycles. The standard InChI is InChI=1S/C11H5ClF3N3O/c12-9-1-8(7(5-19)4-16-9)6-2-17-10(18-3-6)11(13,14)15/h1-5H. The summed E-state index contributed by atoms with van der Waals surface area (Å²) in [6.45, 7) is 0. The number of carbonyl (C=O) groups excluding carboxylic acids is 1. The number of halogens is 4. The summed E-state index contributed by atoms with van der Waals surface area (Å²) in [5.74, 6) is -1.25. The zero-order chi connectivity index (χ0) is 14.0. The summed E-state index contributed by atoms with van der Waals surface area (Å²) in [6.07, 6.45) is -0.899. The van der Waals surface area contributed by atoms with E-state index in [0.717, 1.165) is 12.4 Å². The molecule has 0 saturated heterocycles. The molecule has 0 N–H and O–H groups in total. The van der Waals surface area contributed by atoms with E-state index in [4.69, 9.17) is 11.6 Å². The van der Waals surface area contributed by atoms with Crippen LogP contribution in [0.4, 0.5) is 13.2 Å². The first-order valence-corrected chi connectivity index (χ1v) is 5.30. The Balaban J connectivity index is 2.48. The Morgan fingerprint density at radius 3 is 2.26 bits per heavy atom. The van der Waals surface area contributed by atoms with Crippen molar-refractivity contribution in [2.24, 2.45) is 0 Å². The van der Waals surface area contributed by atoms with Crippen LogP contribution in [0.1, 0.15) is 16.2 Å². The molecule has 4 nitrogen and oxygen atoms in total. The molecule has 0 aliphatic heterocycles. The van der Waals surface area contributed by atoms with Gasteiger partial charge in [0.05, 0.1) is 0 Å². The molecule has 2 aromatic heterocycles. The van der Waals surface area contributed by atoms with Crippen molar-refractivity contribution in [2.45, 2.75) is 6.18 Å². The van der Waals surface area contributed by atoms with Gasteiger partial charge >= 0.3 is 6.18 Å². The van der Waals surface area contributed by atoms with Crippen LogP contribution in [0, 0.1) is 0 Å². The van der Waals surface area contributed by atoms with Crippen LogP contribution in [0.3, 0.4) is 0 Å². The second-order valence-corrected chi connectivity index (χ2v) is 3.89. The highest BCUT2D eigenvalue weighted by Gasteiger charge is 2.34. The minimum Gasteiger partial charge on any atom is -0.298 e. The molecule has 98 valence electrons. The van der Waals surface area contributed by atoms with Crippen molar-refractivity contribution >= 4 is 17.9 Å². The first-order valence-electron chi connectivity index (χ1n) is 4.92. The fraction of sp³-hybridized carbons (Fsp3) is 0.0909. The Morgan fingerprint density at radius 1 is 1.11 bits per heavy atom. The number of hydrogen-bond donors (Lipinski definition) is 0. The van der Waals surface area contributed by atoms with Gasteiger partial charge in [-0.25, -0.2) is 15.0 Å². The van der Waals surface area contributed by atoms with E-state index in [0.29, 0.717) is 11.8 Å². The predicted octanol–water partition coefficient (Wildman–Crippen LogP) is 3.02. The van der Waals surface area contributed by atoms with E-state index in [2.05, 4.69) is 15.0 Å². The molecule has 2 rings (SSSR count). The lowest BCUT2D eigenvalue weighted by Gasteiger charge is -2.07. The Bertz CT molecular complexity index is 614. The molecule has 0 fully saturated rings. The lowest BCUT2D eigenvalue weighted by atomic mass is 10.1. The molecule has 8 heteroatoms. The molecule has 0 aliphatic rings. The van der Waals surface area contributed by atoms with Crippen molar-refractivity contribution in [1.82, 2.24) is 15.0 Å². The normalized spacial score (nSPS) is 11.4. The largest absolute Gasteiger partial charge is 0.451 e. The van der Waals surface area contributed by atoms with Gasteiger partial charge in [-0.2, -0.15) is 13.2 Å². The van der Waals surface area contributed by atoms with Gasteiger partial charge in [0, 0.05) is 29.7 Å². The minimum atomic E-state index is -4.61. The van der Waals surface area contributed by atoms with Crippen molar-refractivity contribution < 1.29 is 18.0 Å². The van der Waals surface area contributed by atoms with Crippen LogP contribution in [0.15, 0.2) is 24.7 Å². The fourth-order valence-corrected chi connectivity index (χ4v) is 1.56.